The van der Waals surface area contributed by atoms with Gasteiger partial charge in [0, 0.05) is 16.6 Å². The number of methoxy groups -OCH3 is 1. The summed E-state index contributed by atoms with van der Waals surface area (Å²) in [6, 6.07) is 15.2. The number of hydrogen-bond donors (Lipinski definition) is 0. The summed E-state index contributed by atoms with van der Waals surface area (Å²) in [5.41, 5.74) is 1.84. The smallest absolute Gasteiger partial charge is 0.248 e. The fraction of sp³-hybridized carbons (Fsp3) is 0.250. The average molecular weight is 356 g/mol. The number of carbonyl (C=O) groups excluding carboxylic acids is 1. The van der Waals surface area contributed by atoms with Crippen LogP contribution in [0.2, 0.25) is 0 Å². The van der Waals surface area contributed by atoms with Crippen molar-refractivity contribution in [3.63, 3.8) is 0 Å². The first-order chi connectivity index (χ1) is 12.0. The second-order valence-corrected chi connectivity index (χ2v) is 6.87. The molecule has 0 spiro atoms. The molecule has 1 saturated heterocycles. The van der Waals surface area contributed by atoms with Crippen molar-refractivity contribution in [3.05, 3.63) is 59.9 Å². The van der Waals surface area contributed by atoms with Gasteiger partial charge in [0.1, 0.15) is 28.0 Å². The highest BCUT2D eigenvalue weighted by molar-refractivity contribution is 6.38. The van der Waals surface area contributed by atoms with Gasteiger partial charge in [0.2, 0.25) is 5.91 Å². The molecule has 2 atom stereocenters. The van der Waals surface area contributed by atoms with Crippen LogP contribution in [0.1, 0.15) is 18.2 Å². The zero-order chi connectivity index (χ0) is 17.8. The zero-order valence-corrected chi connectivity index (χ0v) is 15.0. The fourth-order valence-electron chi connectivity index (χ4n) is 3.63. The van der Waals surface area contributed by atoms with Gasteiger partial charge in [-0.1, -0.05) is 18.2 Å². The second-order valence-electron chi connectivity index (χ2n) is 6.43. The summed E-state index contributed by atoms with van der Waals surface area (Å²) in [4.78, 5) is 14.3. The highest BCUT2D eigenvalue weighted by atomic mass is 35.5. The molecule has 128 valence electrons. The van der Waals surface area contributed by atoms with E-state index in [0.717, 1.165) is 33.7 Å². The molecule has 0 saturated carbocycles. The molecule has 25 heavy (non-hydrogen) atoms. The number of anilines is 1. The molecule has 3 aromatic rings. The molecule has 4 rings (SSSR count). The number of fused-ring (bicyclic) bond motifs is 1. The molecule has 1 fully saturated rings. The van der Waals surface area contributed by atoms with Crippen molar-refractivity contribution in [2.24, 2.45) is 0 Å². The van der Waals surface area contributed by atoms with E-state index in [0.29, 0.717) is 0 Å². The number of benzene rings is 2. The Morgan fingerprint density at radius 1 is 1.16 bits per heavy atom. The summed E-state index contributed by atoms with van der Waals surface area (Å²) in [5.74, 6) is 1.33. The highest BCUT2D eigenvalue weighted by Gasteiger charge is 2.60. The minimum Gasteiger partial charge on any atom is -0.497 e. The zero-order valence-electron chi connectivity index (χ0n) is 14.2. The van der Waals surface area contributed by atoms with Crippen molar-refractivity contribution in [3.8, 4) is 5.75 Å². The van der Waals surface area contributed by atoms with Crippen LogP contribution in [0.5, 0.6) is 5.75 Å². The maximum Gasteiger partial charge on any atom is 0.248 e. The van der Waals surface area contributed by atoms with Crippen LogP contribution < -0.4 is 9.64 Å². The third-order valence-electron chi connectivity index (χ3n) is 5.03. The van der Waals surface area contributed by atoms with E-state index in [9.17, 15) is 4.79 Å². The Hall–Kier alpha value is -2.46. The van der Waals surface area contributed by atoms with Gasteiger partial charge >= 0.3 is 0 Å². The monoisotopic (exact) mass is 355 g/mol. The van der Waals surface area contributed by atoms with Crippen LogP contribution in [-0.2, 0) is 10.3 Å². The summed E-state index contributed by atoms with van der Waals surface area (Å²) in [7, 11) is 1.61. The molecule has 2 aromatic carbocycles. The first-order valence-corrected chi connectivity index (χ1v) is 8.53. The van der Waals surface area contributed by atoms with E-state index in [-0.39, 0.29) is 5.91 Å². The summed E-state index contributed by atoms with van der Waals surface area (Å²) < 4.78 is 11.3. The van der Waals surface area contributed by atoms with Crippen LogP contribution in [0.3, 0.4) is 0 Å². The van der Waals surface area contributed by atoms with E-state index in [4.69, 9.17) is 20.8 Å². The molecule has 1 aliphatic heterocycles. The maximum absolute atomic E-state index is 12.6. The molecule has 0 N–H and O–H groups in total. The molecular formula is C20H18ClNO3. The van der Waals surface area contributed by atoms with Crippen molar-refractivity contribution in [1.29, 1.82) is 0 Å². The van der Waals surface area contributed by atoms with Crippen molar-refractivity contribution < 1.29 is 13.9 Å². The number of halogens is 1. The van der Waals surface area contributed by atoms with Crippen molar-refractivity contribution in [1.82, 2.24) is 0 Å². The van der Waals surface area contributed by atoms with Gasteiger partial charge in [0.05, 0.1) is 7.11 Å². The Morgan fingerprint density at radius 3 is 2.48 bits per heavy atom. The lowest BCUT2D eigenvalue weighted by Crippen LogP contribution is -2.69. The van der Waals surface area contributed by atoms with Crippen LogP contribution in [0.4, 0.5) is 5.69 Å². The van der Waals surface area contributed by atoms with Crippen LogP contribution >= 0.6 is 11.6 Å². The number of β-lactam (4-membered cyclic amide) rings is 1. The molecule has 1 aliphatic rings. The molecule has 0 bridgehead atoms. The Morgan fingerprint density at radius 2 is 1.84 bits per heavy atom. The number of nitrogens with zero attached hydrogens (tertiary/aromatic N) is 1. The number of amides is 1. The first kappa shape index (κ1) is 16.0. The predicted molar refractivity (Wildman–Crippen MR) is 98.4 cm³/mol. The van der Waals surface area contributed by atoms with E-state index in [2.05, 4.69) is 0 Å². The van der Waals surface area contributed by atoms with Gasteiger partial charge in [0.25, 0.3) is 0 Å². The van der Waals surface area contributed by atoms with Gasteiger partial charge in [-0.05, 0) is 44.2 Å². The topological polar surface area (TPSA) is 42.7 Å². The quantitative estimate of drug-likeness (QED) is 0.508. The lowest BCUT2D eigenvalue weighted by atomic mass is 9.80. The summed E-state index contributed by atoms with van der Waals surface area (Å²) in [6.45, 7) is 3.95. The van der Waals surface area contributed by atoms with Gasteiger partial charge < -0.3 is 9.15 Å². The van der Waals surface area contributed by atoms with Crippen molar-refractivity contribution in [2.75, 3.05) is 12.0 Å². The van der Waals surface area contributed by atoms with E-state index in [1.54, 1.807) is 12.0 Å². The third kappa shape index (κ3) is 2.10. The second kappa shape index (κ2) is 5.53. The predicted octanol–water partition coefficient (Wildman–Crippen LogP) is 4.62. The minimum atomic E-state index is -0.740. The van der Waals surface area contributed by atoms with E-state index < -0.39 is 10.9 Å². The van der Waals surface area contributed by atoms with Gasteiger partial charge in [-0.2, -0.15) is 0 Å². The number of carbonyl (C=O) groups is 1. The molecule has 4 nitrogen and oxygen atoms in total. The lowest BCUT2D eigenvalue weighted by Gasteiger charge is -2.52. The molecule has 1 aromatic heterocycles. The van der Waals surface area contributed by atoms with Crippen LogP contribution in [-0.4, -0.2) is 18.4 Å². The standard InChI is InChI=1S/C20H18ClNO3/c1-12-15-6-4-5-7-16(15)25-18(12)20(2)17(21)19(23)22(20)13-8-10-14(24-3)11-9-13/h4-11,17H,1-3H3. The highest BCUT2D eigenvalue weighted by Crippen LogP contribution is 2.50. The first-order valence-electron chi connectivity index (χ1n) is 8.09. The average Bonchev–Trinajstić information content (AvgIpc) is 2.99. The number of aryl methyl sites for hydroxylation is 1. The van der Waals surface area contributed by atoms with Gasteiger partial charge in [0.15, 0.2) is 0 Å². The van der Waals surface area contributed by atoms with Crippen LogP contribution in [0, 0.1) is 6.92 Å². The number of para-hydroxylation sites is 1. The van der Waals surface area contributed by atoms with E-state index in [1.165, 1.54) is 0 Å². The number of furan rings is 1. The Bertz CT molecular complexity index is 963. The lowest BCUT2D eigenvalue weighted by molar-refractivity contribution is -0.127. The normalized spacial score (nSPS) is 23.0. The Kier molecular flexibility index (Phi) is 3.55. The molecule has 2 unspecified atom stereocenters. The minimum absolute atomic E-state index is 0.130. The molecule has 2 heterocycles. The fourth-order valence-corrected chi connectivity index (χ4v) is 3.92. The summed E-state index contributed by atoms with van der Waals surface area (Å²) in [6.07, 6.45) is 0. The van der Waals surface area contributed by atoms with E-state index in [1.807, 2.05) is 62.4 Å². The van der Waals surface area contributed by atoms with Crippen molar-refractivity contribution >= 4 is 34.2 Å². The van der Waals surface area contributed by atoms with Crippen LogP contribution in [0.25, 0.3) is 11.0 Å². The SMILES string of the molecule is COc1ccc(N2C(=O)C(Cl)C2(C)c2oc3ccccc3c2C)cc1. The number of ether oxygens (including phenoxy) is 1. The van der Waals surface area contributed by atoms with E-state index >= 15 is 0 Å². The summed E-state index contributed by atoms with van der Waals surface area (Å²) in [5, 5.41) is 0.366. The molecule has 0 radical (unpaired) electrons. The molecule has 0 aliphatic carbocycles. The van der Waals surface area contributed by atoms with Crippen LogP contribution in [0.15, 0.2) is 52.9 Å². The molecule has 5 heteroatoms. The van der Waals surface area contributed by atoms with Gasteiger partial charge in [-0.15, -0.1) is 11.6 Å². The maximum atomic E-state index is 12.6. The number of hydrogen-bond acceptors (Lipinski definition) is 3. The third-order valence-corrected chi connectivity index (χ3v) is 5.64. The molecule has 1 amide bonds. The molecular weight excluding hydrogens is 338 g/mol. The number of rotatable bonds is 3. The van der Waals surface area contributed by atoms with Gasteiger partial charge in [-0.3, -0.25) is 9.69 Å². The largest absolute Gasteiger partial charge is 0.497 e. The number of alkyl halides is 1. The summed E-state index contributed by atoms with van der Waals surface area (Å²) >= 11 is 6.47. The Labute approximate surface area is 150 Å². The van der Waals surface area contributed by atoms with Gasteiger partial charge in [-0.25, -0.2) is 0 Å². The van der Waals surface area contributed by atoms with Crippen molar-refractivity contribution in [2.45, 2.75) is 24.8 Å². The Balaban J connectivity index is 1.84.